The number of likely N-dealkylation sites (N-methyl/N-ethyl adjacent to an activating group) is 1. The molecule has 2 aromatic rings. The van der Waals surface area contributed by atoms with Gasteiger partial charge in [-0.2, -0.15) is 8.78 Å². The summed E-state index contributed by atoms with van der Waals surface area (Å²) in [6.45, 7) is -1.95. The normalized spacial score (nSPS) is 10.4. The number of esters is 1. The fourth-order valence-electron chi connectivity index (χ4n) is 2.26. The molecular formula is C20H20F2N2O5. The Morgan fingerprint density at radius 3 is 2.45 bits per heavy atom. The molecule has 0 aliphatic rings. The van der Waals surface area contributed by atoms with E-state index in [-0.39, 0.29) is 17.9 Å². The van der Waals surface area contributed by atoms with Crippen LogP contribution in [0.4, 0.5) is 14.5 Å². The molecule has 0 bridgehead atoms. The van der Waals surface area contributed by atoms with E-state index in [1.54, 1.807) is 12.1 Å². The highest BCUT2D eigenvalue weighted by atomic mass is 19.3. The molecule has 29 heavy (non-hydrogen) atoms. The summed E-state index contributed by atoms with van der Waals surface area (Å²) in [6.07, 6.45) is 0. The van der Waals surface area contributed by atoms with Crippen LogP contribution in [0.3, 0.4) is 0 Å². The molecule has 154 valence electrons. The number of amides is 2. The first kappa shape index (κ1) is 21.8. The van der Waals surface area contributed by atoms with Crippen molar-refractivity contribution in [2.24, 2.45) is 0 Å². The van der Waals surface area contributed by atoms with E-state index in [1.807, 2.05) is 19.1 Å². The smallest absolute Gasteiger partial charge is 0.387 e. The highest BCUT2D eigenvalue weighted by Crippen LogP contribution is 2.16. The highest BCUT2D eigenvalue weighted by Gasteiger charge is 2.17. The second-order valence-corrected chi connectivity index (χ2v) is 6.15. The summed E-state index contributed by atoms with van der Waals surface area (Å²) >= 11 is 0. The highest BCUT2D eigenvalue weighted by molar-refractivity contribution is 5.95. The third-order valence-corrected chi connectivity index (χ3v) is 3.76. The molecule has 2 aromatic carbocycles. The van der Waals surface area contributed by atoms with E-state index in [2.05, 4.69) is 10.1 Å². The first-order valence-electron chi connectivity index (χ1n) is 8.57. The summed E-state index contributed by atoms with van der Waals surface area (Å²) in [5, 5.41) is 2.65. The summed E-state index contributed by atoms with van der Waals surface area (Å²) in [5.74, 6) is -2.09. The third kappa shape index (κ3) is 7.21. The first-order valence-corrected chi connectivity index (χ1v) is 8.57. The SMILES string of the molecule is Cc1ccc(NC(=O)CN(C)C(=O)COC(=O)c2cccc(OC(F)F)c2)cc1. The average Bonchev–Trinajstić information content (AvgIpc) is 2.67. The molecule has 2 amide bonds. The number of carbonyl (C=O) groups is 3. The fourth-order valence-corrected chi connectivity index (χ4v) is 2.26. The number of hydrogen-bond donors (Lipinski definition) is 1. The number of aryl methyl sites for hydroxylation is 1. The largest absolute Gasteiger partial charge is 0.452 e. The van der Waals surface area contributed by atoms with E-state index in [9.17, 15) is 23.2 Å². The molecule has 0 unspecified atom stereocenters. The van der Waals surface area contributed by atoms with Gasteiger partial charge in [-0.1, -0.05) is 23.8 Å². The minimum atomic E-state index is -3.03. The van der Waals surface area contributed by atoms with Crippen molar-refractivity contribution in [3.05, 3.63) is 59.7 Å². The topological polar surface area (TPSA) is 84.9 Å². The Bertz CT molecular complexity index is 871. The van der Waals surface area contributed by atoms with E-state index in [1.165, 1.54) is 25.2 Å². The van der Waals surface area contributed by atoms with Crippen molar-refractivity contribution in [1.29, 1.82) is 0 Å². The zero-order valence-electron chi connectivity index (χ0n) is 15.9. The molecule has 0 saturated heterocycles. The van der Waals surface area contributed by atoms with Gasteiger partial charge in [0.1, 0.15) is 5.75 Å². The number of rotatable bonds is 8. The number of benzene rings is 2. The van der Waals surface area contributed by atoms with Gasteiger partial charge in [0.2, 0.25) is 5.91 Å². The van der Waals surface area contributed by atoms with Crippen LogP contribution in [-0.2, 0) is 14.3 Å². The molecule has 0 saturated carbocycles. The Kier molecular flexibility index (Phi) is 7.64. The fraction of sp³-hybridized carbons (Fsp3) is 0.250. The molecular weight excluding hydrogens is 386 g/mol. The van der Waals surface area contributed by atoms with Crippen molar-refractivity contribution in [1.82, 2.24) is 4.90 Å². The van der Waals surface area contributed by atoms with E-state index < -0.39 is 31.0 Å². The zero-order chi connectivity index (χ0) is 21.4. The standard InChI is InChI=1S/C20H20F2N2O5/c1-13-6-8-15(9-7-13)23-17(25)11-24(2)18(26)12-28-19(27)14-4-3-5-16(10-14)29-20(21)22/h3-10,20H,11-12H2,1-2H3,(H,23,25). The monoisotopic (exact) mass is 406 g/mol. The van der Waals surface area contributed by atoms with E-state index in [4.69, 9.17) is 4.74 Å². The molecule has 0 fully saturated rings. The second-order valence-electron chi connectivity index (χ2n) is 6.15. The van der Waals surface area contributed by atoms with Gasteiger partial charge in [-0.15, -0.1) is 0 Å². The number of alkyl halides is 2. The Morgan fingerprint density at radius 1 is 1.10 bits per heavy atom. The maximum atomic E-state index is 12.2. The summed E-state index contributed by atoms with van der Waals surface area (Å²) in [4.78, 5) is 37.2. The molecule has 0 aromatic heterocycles. The maximum absolute atomic E-state index is 12.2. The van der Waals surface area contributed by atoms with Gasteiger partial charge in [-0.05, 0) is 37.3 Å². The molecule has 9 heteroatoms. The van der Waals surface area contributed by atoms with Gasteiger partial charge in [0.05, 0.1) is 12.1 Å². The van der Waals surface area contributed by atoms with Crippen molar-refractivity contribution in [3.8, 4) is 5.75 Å². The van der Waals surface area contributed by atoms with Gasteiger partial charge in [0.25, 0.3) is 5.91 Å². The lowest BCUT2D eigenvalue weighted by atomic mass is 10.2. The van der Waals surface area contributed by atoms with Crippen molar-refractivity contribution >= 4 is 23.5 Å². The number of nitrogens with zero attached hydrogens (tertiary/aromatic N) is 1. The summed E-state index contributed by atoms with van der Waals surface area (Å²) in [5.41, 5.74) is 1.60. The second kappa shape index (κ2) is 10.2. The van der Waals surface area contributed by atoms with Gasteiger partial charge in [0.15, 0.2) is 6.61 Å². The van der Waals surface area contributed by atoms with Crippen LogP contribution in [0, 0.1) is 6.92 Å². The van der Waals surface area contributed by atoms with Gasteiger partial charge in [-0.3, -0.25) is 9.59 Å². The van der Waals surface area contributed by atoms with Crippen molar-refractivity contribution < 1.29 is 32.6 Å². The van der Waals surface area contributed by atoms with Gasteiger partial charge >= 0.3 is 12.6 Å². The molecule has 0 atom stereocenters. The number of anilines is 1. The van der Waals surface area contributed by atoms with Crippen LogP contribution < -0.4 is 10.1 Å². The quantitative estimate of drug-likeness (QED) is 0.682. The zero-order valence-corrected chi connectivity index (χ0v) is 15.9. The lowest BCUT2D eigenvalue weighted by Gasteiger charge is -2.17. The minimum Gasteiger partial charge on any atom is -0.452 e. The molecule has 7 nitrogen and oxygen atoms in total. The Morgan fingerprint density at radius 2 is 1.79 bits per heavy atom. The lowest BCUT2D eigenvalue weighted by Crippen LogP contribution is -2.37. The molecule has 0 radical (unpaired) electrons. The van der Waals surface area contributed by atoms with Crippen LogP contribution in [0.15, 0.2) is 48.5 Å². The Labute approximate surface area is 166 Å². The molecule has 0 heterocycles. The Hall–Kier alpha value is -3.49. The van der Waals surface area contributed by atoms with E-state index in [0.29, 0.717) is 5.69 Å². The predicted molar refractivity (Wildman–Crippen MR) is 101 cm³/mol. The number of hydrogen-bond acceptors (Lipinski definition) is 5. The summed E-state index contributed by atoms with van der Waals surface area (Å²) in [6, 6.07) is 12.2. The van der Waals surface area contributed by atoms with Gasteiger partial charge in [-0.25, -0.2) is 4.79 Å². The first-order chi connectivity index (χ1) is 13.7. The number of ether oxygens (including phenoxy) is 2. The van der Waals surface area contributed by atoms with Gasteiger partial charge < -0.3 is 19.7 Å². The van der Waals surface area contributed by atoms with E-state index >= 15 is 0 Å². The molecule has 0 spiro atoms. The van der Waals surface area contributed by atoms with Crippen LogP contribution >= 0.6 is 0 Å². The third-order valence-electron chi connectivity index (χ3n) is 3.76. The molecule has 0 aliphatic carbocycles. The van der Waals surface area contributed by atoms with Crippen LogP contribution in [0.2, 0.25) is 0 Å². The average molecular weight is 406 g/mol. The van der Waals surface area contributed by atoms with Gasteiger partial charge in [0, 0.05) is 12.7 Å². The Balaban J connectivity index is 1.82. The molecule has 1 N–H and O–H groups in total. The van der Waals surface area contributed by atoms with Crippen LogP contribution in [0.25, 0.3) is 0 Å². The predicted octanol–water partition coefficient (Wildman–Crippen LogP) is 2.85. The number of carbonyl (C=O) groups excluding carboxylic acids is 3. The van der Waals surface area contributed by atoms with Crippen LogP contribution in [0.5, 0.6) is 5.75 Å². The maximum Gasteiger partial charge on any atom is 0.387 e. The van der Waals surface area contributed by atoms with Crippen molar-refractivity contribution in [2.75, 3.05) is 25.5 Å². The van der Waals surface area contributed by atoms with Crippen molar-refractivity contribution in [2.45, 2.75) is 13.5 Å². The molecule has 0 aliphatic heterocycles. The van der Waals surface area contributed by atoms with E-state index in [0.717, 1.165) is 16.5 Å². The molecule has 2 rings (SSSR count). The summed E-state index contributed by atoms with van der Waals surface area (Å²) in [7, 11) is 1.39. The van der Waals surface area contributed by atoms with Crippen molar-refractivity contribution in [3.63, 3.8) is 0 Å². The van der Waals surface area contributed by atoms with Crippen LogP contribution in [-0.4, -0.2) is 49.5 Å². The number of nitrogens with one attached hydrogen (secondary N) is 1. The summed E-state index contributed by atoms with van der Waals surface area (Å²) < 4.78 is 33.6. The lowest BCUT2D eigenvalue weighted by molar-refractivity contribution is -0.136. The minimum absolute atomic E-state index is 0.0456. The van der Waals surface area contributed by atoms with Crippen LogP contribution in [0.1, 0.15) is 15.9 Å². The number of halogens is 2.